The van der Waals surface area contributed by atoms with Crippen LogP contribution < -0.4 is 31.7 Å². The zero-order chi connectivity index (χ0) is 54.7. The van der Waals surface area contributed by atoms with Gasteiger partial charge in [-0.05, 0) is 65.9 Å². The zero-order valence-electron chi connectivity index (χ0n) is 43.1. The van der Waals surface area contributed by atoms with E-state index < -0.39 is 70.1 Å². The van der Waals surface area contributed by atoms with Crippen LogP contribution in [0.25, 0.3) is 21.6 Å². The minimum absolute atomic E-state index is 0.0428. The van der Waals surface area contributed by atoms with Crippen LogP contribution in [0.1, 0.15) is 71.1 Å². The number of piperazine rings is 1. The number of benzene rings is 3. The number of carbonyl (C=O) groups excluding carboxylic acids is 5. The van der Waals surface area contributed by atoms with E-state index in [9.17, 15) is 47.0 Å². The van der Waals surface area contributed by atoms with Crippen molar-refractivity contribution >= 4 is 52.2 Å². The Kier molecular flexibility index (Phi) is 18.8. The number of aliphatic hydroxyl groups excluding tert-OH is 1. The van der Waals surface area contributed by atoms with Crippen LogP contribution in [0.15, 0.2) is 89.3 Å². The van der Waals surface area contributed by atoms with Crippen molar-refractivity contribution in [1.29, 1.82) is 0 Å². The van der Waals surface area contributed by atoms with Gasteiger partial charge in [0.1, 0.15) is 12.1 Å². The molecule has 6 N–H and O–H groups in total. The summed E-state index contributed by atoms with van der Waals surface area (Å²) in [5, 5.41) is 21.7. The third kappa shape index (κ3) is 14.9. The summed E-state index contributed by atoms with van der Waals surface area (Å²) in [7, 11) is 1.98. The molecule has 5 amide bonds. The van der Waals surface area contributed by atoms with E-state index in [1.807, 2.05) is 70.0 Å². The molecular weight excluding hydrogens is 1010 g/mol. The number of ether oxygens (including phenoxy) is 2. The van der Waals surface area contributed by atoms with Gasteiger partial charge >= 0.3 is 6.18 Å². The number of aromatic amines is 1. The summed E-state index contributed by atoms with van der Waals surface area (Å²) < 4.78 is 52.8. The molecule has 3 aromatic carbocycles. The number of nitrogens with one attached hydrogen (secondary N) is 5. The maximum atomic E-state index is 14.0. The number of anilines is 2. The minimum atomic E-state index is -4.94. The van der Waals surface area contributed by atoms with Gasteiger partial charge < -0.3 is 55.5 Å². The monoisotopic (exact) mass is 1070 g/mol. The van der Waals surface area contributed by atoms with E-state index in [1.54, 1.807) is 53.2 Å². The van der Waals surface area contributed by atoms with Crippen LogP contribution in [0, 0.1) is 12.3 Å². The van der Waals surface area contributed by atoms with Crippen molar-refractivity contribution < 1.29 is 51.7 Å². The van der Waals surface area contributed by atoms with Gasteiger partial charge in [0.05, 0.1) is 71.1 Å². The lowest BCUT2D eigenvalue weighted by atomic mass is 9.85. The number of aromatic nitrogens is 2. The number of hydrogen-bond donors (Lipinski definition) is 6. The molecule has 7 rings (SSSR count). The number of nitrogens with zero attached hydrogens (tertiary/aromatic N) is 4. The third-order valence-corrected chi connectivity index (χ3v) is 14.1. The highest BCUT2D eigenvalue weighted by molar-refractivity contribution is 7.13. The summed E-state index contributed by atoms with van der Waals surface area (Å²) in [4.78, 5) is 91.8. The molecule has 2 fully saturated rings. The fraction of sp³-hybridized carbons (Fsp3) is 0.426. The van der Waals surface area contributed by atoms with Gasteiger partial charge in [0.2, 0.25) is 23.3 Å². The number of thiazole rings is 1. The first-order valence-corrected chi connectivity index (χ1v) is 25.8. The summed E-state index contributed by atoms with van der Waals surface area (Å²) in [6, 6.07) is 18.2. The number of hydrogen-bond acceptors (Lipinski definition) is 13. The van der Waals surface area contributed by atoms with Crippen LogP contribution in [-0.2, 0) is 36.6 Å². The number of amides is 5. The molecule has 22 heteroatoms. The lowest BCUT2D eigenvalue weighted by molar-refractivity contribution is -0.144. The largest absolute Gasteiger partial charge is 0.417 e. The van der Waals surface area contributed by atoms with Gasteiger partial charge in [-0.25, -0.2) is 4.98 Å². The molecule has 5 aromatic rings. The van der Waals surface area contributed by atoms with E-state index in [0.717, 1.165) is 41.0 Å². The van der Waals surface area contributed by atoms with Crippen LogP contribution in [-0.4, -0.2) is 145 Å². The summed E-state index contributed by atoms with van der Waals surface area (Å²) in [6.45, 7) is 11.0. The molecule has 2 aliphatic heterocycles. The van der Waals surface area contributed by atoms with Crippen molar-refractivity contribution in [1.82, 2.24) is 35.7 Å². The Bertz CT molecular complexity index is 2900. The molecule has 4 heterocycles. The van der Waals surface area contributed by atoms with E-state index in [-0.39, 0.29) is 70.5 Å². The molecule has 18 nitrogen and oxygen atoms in total. The Balaban J connectivity index is 0.829. The Hall–Kier alpha value is -6.98. The van der Waals surface area contributed by atoms with Gasteiger partial charge in [0.25, 0.3) is 11.8 Å². The lowest BCUT2D eigenvalue weighted by Crippen LogP contribution is -2.57. The predicted octanol–water partition coefficient (Wildman–Crippen LogP) is 5.46. The number of rotatable bonds is 20. The van der Waals surface area contributed by atoms with Crippen LogP contribution in [0.5, 0.6) is 0 Å². The summed E-state index contributed by atoms with van der Waals surface area (Å²) in [5.41, 5.74) is 3.40. The number of H-pyrrole nitrogens is 1. The zero-order valence-corrected chi connectivity index (χ0v) is 43.9. The second kappa shape index (κ2) is 25.2. The van der Waals surface area contributed by atoms with Crippen LogP contribution in [0.3, 0.4) is 0 Å². The molecule has 0 bridgehead atoms. The maximum Gasteiger partial charge on any atom is 0.417 e. The molecule has 3 unspecified atom stereocenters. The first-order chi connectivity index (χ1) is 36.2. The minimum Gasteiger partial charge on any atom is -0.391 e. The Labute approximate surface area is 442 Å². The van der Waals surface area contributed by atoms with Gasteiger partial charge in [-0.1, -0.05) is 63.2 Å². The number of β-amino-alcohol motifs (C(OH)–C–C–N with tert-alkyl or cyclic N) is 1. The summed E-state index contributed by atoms with van der Waals surface area (Å²) >= 11 is 1.55. The highest BCUT2D eigenvalue weighted by Crippen LogP contribution is 2.36. The molecule has 0 aliphatic carbocycles. The second-order valence-electron chi connectivity index (χ2n) is 19.9. The number of likely N-dealkylation sites (N-methyl/N-ethyl adjacent to an activating group) is 1. The molecule has 0 radical (unpaired) electrons. The fourth-order valence-corrected chi connectivity index (χ4v) is 9.69. The molecular formula is C54H64F3N9O9S. The Morgan fingerprint density at radius 2 is 1.53 bits per heavy atom. The van der Waals surface area contributed by atoms with Crippen LogP contribution in [0.4, 0.5) is 24.5 Å². The molecule has 3 atom stereocenters. The van der Waals surface area contributed by atoms with Gasteiger partial charge in [-0.15, -0.1) is 11.3 Å². The number of pyridine rings is 1. The quantitative estimate of drug-likeness (QED) is 0.0535. The topological polar surface area (TPSA) is 228 Å². The van der Waals surface area contributed by atoms with Gasteiger partial charge in [0.15, 0.2) is 0 Å². The fourth-order valence-electron chi connectivity index (χ4n) is 8.88. The normalized spacial score (nSPS) is 16.5. The number of halogens is 3. The highest BCUT2D eigenvalue weighted by atomic mass is 32.1. The molecule has 0 saturated carbocycles. The average molecular weight is 1070 g/mol. The lowest BCUT2D eigenvalue weighted by Gasteiger charge is -2.35. The van der Waals surface area contributed by atoms with Crippen LogP contribution >= 0.6 is 11.3 Å². The number of aliphatic hydroxyl groups is 1. The standard InChI is InChI=1S/C54H64F3N9O9S/c1-33-47(76-32-61-33)36-8-6-34(7-9-36)29-60-51(72)44-27-39(67)31-66(44)52(73)48(53(2,3)4)63-45(68)16-22-74-24-25-75-23-17-58-49(70)37-12-10-35(11-13-37)38-14-15-43(65-20-18-64(5)19-21-65)42(26-38)62-50(71)40-30-59-46(69)28-41(40)54(55,56)57/h6-15,26,28,30,32,39,44,48,67H,16-25,27,29,31H2,1-5H3,(H,58,70)(H,59,69)(H,60,72)(H,62,71)(H,63,68). The van der Waals surface area contributed by atoms with E-state index in [4.69, 9.17) is 9.47 Å². The molecule has 406 valence electrons. The Morgan fingerprint density at radius 3 is 2.18 bits per heavy atom. The highest BCUT2D eigenvalue weighted by Gasteiger charge is 2.44. The maximum absolute atomic E-state index is 14.0. The van der Waals surface area contributed by atoms with Crippen LogP contribution in [0.2, 0.25) is 0 Å². The molecule has 0 spiro atoms. The van der Waals surface area contributed by atoms with E-state index in [0.29, 0.717) is 41.5 Å². The average Bonchev–Trinajstić information content (AvgIpc) is 4.02. The summed E-state index contributed by atoms with van der Waals surface area (Å²) in [6.07, 6.45) is -5.07. The number of carbonyl (C=O) groups is 5. The predicted molar refractivity (Wildman–Crippen MR) is 282 cm³/mol. The smallest absolute Gasteiger partial charge is 0.391 e. The second-order valence-corrected chi connectivity index (χ2v) is 20.7. The molecule has 2 aromatic heterocycles. The number of alkyl halides is 3. The van der Waals surface area contributed by atoms with Gasteiger partial charge in [-0.2, -0.15) is 13.2 Å². The number of aryl methyl sites for hydroxylation is 1. The molecule has 76 heavy (non-hydrogen) atoms. The molecule has 2 saturated heterocycles. The van der Waals surface area contributed by atoms with E-state index in [2.05, 4.69) is 36.1 Å². The third-order valence-electron chi connectivity index (χ3n) is 13.1. The molecule has 2 aliphatic rings. The van der Waals surface area contributed by atoms with Crippen molar-refractivity contribution in [2.45, 2.75) is 71.4 Å². The van der Waals surface area contributed by atoms with Crippen molar-refractivity contribution in [3.05, 3.63) is 123 Å². The first-order valence-electron chi connectivity index (χ1n) is 24.9. The van der Waals surface area contributed by atoms with Gasteiger partial charge in [0, 0.05) is 76.5 Å². The van der Waals surface area contributed by atoms with E-state index >= 15 is 0 Å². The van der Waals surface area contributed by atoms with Gasteiger partial charge in [-0.3, -0.25) is 28.8 Å². The SMILES string of the molecule is Cc1ncsc1-c1ccc(CNC(=O)C2CC(O)CN2C(=O)C(NC(=O)CCOCCOCCNC(=O)c2ccc(-c3ccc(N4CCN(C)CC4)c(NC(=O)c4c[nH]c(=O)cc4C(F)(F)F)c3)cc2)C(C)(C)C)cc1. The first kappa shape index (κ1) is 56.7. The summed E-state index contributed by atoms with van der Waals surface area (Å²) in [5.74, 6) is -2.69. The van der Waals surface area contributed by atoms with E-state index in [1.165, 1.54) is 4.90 Å². The van der Waals surface area contributed by atoms with Crippen molar-refractivity contribution in [2.75, 3.05) is 83.0 Å². The Morgan fingerprint density at radius 1 is 0.855 bits per heavy atom. The van der Waals surface area contributed by atoms with Crippen molar-refractivity contribution in [3.8, 4) is 21.6 Å². The van der Waals surface area contributed by atoms with Crippen molar-refractivity contribution in [2.24, 2.45) is 5.41 Å². The number of likely N-dealkylation sites (tertiary alicyclic amines) is 1. The van der Waals surface area contributed by atoms with Crippen molar-refractivity contribution in [3.63, 3.8) is 0 Å².